The Morgan fingerprint density at radius 1 is 0.871 bits per heavy atom. The molecule has 2 rings (SSSR count). The molecular weight excluding hydrogens is 384 g/mol. The molecule has 1 aliphatic heterocycles. The van der Waals surface area contributed by atoms with Gasteiger partial charge in [-0.05, 0) is 18.4 Å². The van der Waals surface area contributed by atoms with E-state index in [1.807, 2.05) is 6.07 Å². The third-order valence-corrected chi connectivity index (χ3v) is 6.43. The number of aliphatic hydroxyl groups is 1. The molecule has 1 N–H and O–H groups in total. The van der Waals surface area contributed by atoms with E-state index in [4.69, 9.17) is 9.47 Å². The Morgan fingerprint density at radius 2 is 1.42 bits per heavy atom. The largest absolute Gasteiger partial charge is 0.393 e. The van der Waals surface area contributed by atoms with Gasteiger partial charge in [0.05, 0.1) is 31.5 Å². The first kappa shape index (κ1) is 26.4. The van der Waals surface area contributed by atoms with Crippen LogP contribution in [0.2, 0.25) is 0 Å². The molecule has 3 nitrogen and oxygen atoms in total. The number of ether oxygens (including phenoxy) is 2. The summed E-state index contributed by atoms with van der Waals surface area (Å²) in [5, 5.41) is 10.4. The van der Waals surface area contributed by atoms with Crippen molar-refractivity contribution in [2.24, 2.45) is 0 Å². The highest BCUT2D eigenvalue weighted by Gasteiger charge is 2.27. The summed E-state index contributed by atoms with van der Waals surface area (Å²) in [5.41, 5.74) is 1.21. The van der Waals surface area contributed by atoms with Crippen LogP contribution in [-0.2, 0) is 16.1 Å². The zero-order valence-electron chi connectivity index (χ0n) is 20.1. The monoisotopic (exact) mass is 432 g/mol. The molecular formula is C28H48O3. The Hall–Kier alpha value is -0.900. The van der Waals surface area contributed by atoms with Crippen LogP contribution in [0.4, 0.5) is 0 Å². The first-order chi connectivity index (χ1) is 15.3. The van der Waals surface area contributed by atoms with Crippen molar-refractivity contribution in [1.82, 2.24) is 0 Å². The SMILES string of the molecule is CCCCCCCCCCCCCCC[C@H](C[C@H](O)C[C@H]1CO1)OCc1ccccc1. The average molecular weight is 433 g/mol. The molecule has 178 valence electrons. The Morgan fingerprint density at radius 3 is 1.97 bits per heavy atom. The Balaban J connectivity index is 1.50. The van der Waals surface area contributed by atoms with Gasteiger partial charge in [-0.15, -0.1) is 0 Å². The van der Waals surface area contributed by atoms with Crippen molar-refractivity contribution in [3.63, 3.8) is 0 Å². The maximum Gasteiger partial charge on any atom is 0.0834 e. The van der Waals surface area contributed by atoms with Crippen LogP contribution < -0.4 is 0 Å². The number of epoxide rings is 1. The smallest absolute Gasteiger partial charge is 0.0834 e. The Labute approximate surface area is 191 Å². The van der Waals surface area contributed by atoms with Crippen LogP contribution in [0.5, 0.6) is 0 Å². The lowest BCUT2D eigenvalue weighted by Gasteiger charge is -2.21. The van der Waals surface area contributed by atoms with Crippen LogP contribution in [-0.4, -0.2) is 30.0 Å². The number of rotatable bonds is 21. The van der Waals surface area contributed by atoms with Crippen molar-refractivity contribution in [2.45, 2.75) is 135 Å². The van der Waals surface area contributed by atoms with E-state index in [0.717, 1.165) is 25.9 Å². The van der Waals surface area contributed by atoms with Crippen molar-refractivity contribution in [3.05, 3.63) is 35.9 Å². The Bertz CT molecular complexity index is 514. The van der Waals surface area contributed by atoms with E-state index < -0.39 is 0 Å². The average Bonchev–Trinajstić information content (AvgIpc) is 3.59. The van der Waals surface area contributed by atoms with Crippen LogP contribution in [0.25, 0.3) is 0 Å². The highest BCUT2D eigenvalue weighted by molar-refractivity contribution is 5.13. The molecule has 3 atom stereocenters. The molecule has 1 aromatic rings. The second-order valence-corrected chi connectivity index (χ2v) is 9.53. The number of hydrogen-bond donors (Lipinski definition) is 1. The number of aliphatic hydroxyl groups excluding tert-OH is 1. The predicted molar refractivity (Wildman–Crippen MR) is 130 cm³/mol. The second kappa shape index (κ2) is 17.6. The molecule has 1 fully saturated rings. The lowest BCUT2D eigenvalue weighted by atomic mass is 10.0. The standard InChI is InChI=1S/C28H48O3/c1-2-3-4-5-6-7-8-9-10-11-12-13-17-20-27(21-26(29)22-28-24-31-28)30-23-25-18-15-14-16-19-25/h14-16,18-19,26-29H,2-13,17,20-24H2,1H3/t26-,27+,28-/m0/s1. The molecule has 31 heavy (non-hydrogen) atoms. The minimum atomic E-state index is -0.310. The Kier molecular flexibility index (Phi) is 15.0. The molecule has 0 aliphatic carbocycles. The van der Waals surface area contributed by atoms with Gasteiger partial charge in [-0.25, -0.2) is 0 Å². The van der Waals surface area contributed by atoms with Crippen LogP contribution in [0.3, 0.4) is 0 Å². The van der Waals surface area contributed by atoms with E-state index in [1.165, 1.54) is 89.0 Å². The normalized spacial score (nSPS) is 17.5. The quantitative estimate of drug-likeness (QED) is 0.161. The minimum Gasteiger partial charge on any atom is -0.393 e. The summed E-state index contributed by atoms with van der Waals surface area (Å²) in [5.74, 6) is 0. The fourth-order valence-corrected chi connectivity index (χ4v) is 4.35. The number of hydrogen-bond acceptors (Lipinski definition) is 3. The van der Waals surface area contributed by atoms with Crippen LogP contribution in [0, 0.1) is 0 Å². The lowest BCUT2D eigenvalue weighted by Crippen LogP contribution is -2.22. The van der Waals surface area contributed by atoms with Gasteiger partial charge in [0, 0.05) is 6.42 Å². The van der Waals surface area contributed by atoms with Crippen molar-refractivity contribution in [2.75, 3.05) is 6.61 Å². The fraction of sp³-hybridized carbons (Fsp3) is 0.786. The summed E-state index contributed by atoms with van der Waals surface area (Å²) in [4.78, 5) is 0. The third kappa shape index (κ3) is 14.7. The maximum atomic E-state index is 10.4. The molecule has 1 saturated heterocycles. The van der Waals surface area contributed by atoms with E-state index in [0.29, 0.717) is 6.61 Å². The van der Waals surface area contributed by atoms with Crippen molar-refractivity contribution < 1.29 is 14.6 Å². The molecule has 0 spiro atoms. The van der Waals surface area contributed by atoms with Gasteiger partial charge in [0.25, 0.3) is 0 Å². The summed E-state index contributed by atoms with van der Waals surface area (Å²) in [6, 6.07) is 10.4. The van der Waals surface area contributed by atoms with E-state index in [9.17, 15) is 5.11 Å². The molecule has 0 saturated carbocycles. The predicted octanol–water partition coefficient (Wildman–Crippen LogP) is 7.59. The fourth-order valence-electron chi connectivity index (χ4n) is 4.35. The number of unbranched alkanes of at least 4 members (excludes halogenated alkanes) is 12. The molecule has 3 heteroatoms. The molecule has 0 aromatic heterocycles. The maximum absolute atomic E-state index is 10.4. The third-order valence-electron chi connectivity index (χ3n) is 6.43. The highest BCUT2D eigenvalue weighted by Crippen LogP contribution is 2.22. The second-order valence-electron chi connectivity index (χ2n) is 9.53. The van der Waals surface area contributed by atoms with Crippen LogP contribution >= 0.6 is 0 Å². The summed E-state index contributed by atoms with van der Waals surface area (Å²) >= 11 is 0. The van der Waals surface area contributed by atoms with E-state index in [1.54, 1.807) is 0 Å². The summed E-state index contributed by atoms with van der Waals surface area (Å²) in [6.07, 6.45) is 20.5. The van der Waals surface area contributed by atoms with E-state index in [-0.39, 0.29) is 18.3 Å². The van der Waals surface area contributed by atoms with Gasteiger partial charge in [-0.1, -0.05) is 121 Å². The topological polar surface area (TPSA) is 42.0 Å². The van der Waals surface area contributed by atoms with Crippen molar-refractivity contribution in [1.29, 1.82) is 0 Å². The molecule has 1 aliphatic rings. The van der Waals surface area contributed by atoms with Gasteiger partial charge >= 0.3 is 0 Å². The highest BCUT2D eigenvalue weighted by atomic mass is 16.6. The van der Waals surface area contributed by atoms with E-state index >= 15 is 0 Å². The van der Waals surface area contributed by atoms with Gasteiger partial charge in [-0.2, -0.15) is 0 Å². The molecule has 0 amide bonds. The van der Waals surface area contributed by atoms with Crippen molar-refractivity contribution >= 4 is 0 Å². The van der Waals surface area contributed by atoms with E-state index in [2.05, 4.69) is 31.2 Å². The minimum absolute atomic E-state index is 0.140. The van der Waals surface area contributed by atoms with Gasteiger partial charge < -0.3 is 14.6 Å². The molecule has 0 unspecified atom stereocenters. The first-order valence-electron chi connectivity index (χ1n) is 13.2. The molecule has 0 bridgehead atoms. The van der Waals surface area contributed by atoms with Gasteiger partial charge in [-0.3, -0.25) is 0 Å². The molecule has 1 heterocycles. The van der Waals surface area contributed by atoms with Crippen LogP contribution in [0.15, 0.2) is 30.3 Å². The van der Waals surface area contributed by atoms with Crippen LogP contribution in [0.1, 0.15) is 115 Å². The molecule has 0 radical (unpaired) electrons. The van der Waals surface area contributed by atoms with Gasteiger partial charge in [0.15, 0.2) is 0 Å². The zero-order chi connectivity index (χ0) is 22.0. The number of benzene rings is 1. The summed E-state index contributed by atoms with van der Waals surface area (Å²) in [6.45, 7) is 3.73. The first-order valence-corrected chi connectivity index (χ1v) is 13.2. The van der Waals surface area contributed by atoms with Gasteiger partial charge in [0.2, 0.25) is 0 Å². The molecule has 1 aromatic carbocycles. The van der Waals surface area contributed by atoms with Gasteiger partial charge in [0.1, 0.15) is 0 Å². The summed E-state index contributed by atoms with van der Waals surface area (Å²) < 4.78 is 11.5. The zero-order valence-corrected chi connectivity index (χ0v) is 20.1. The van der Waals surface area contributed by atoms with Crippen molar-refractivity contribution in [3.8, 4) is 0 Å². The lowest BCUT2D eigenvalue weighted by molar-refractivity contribution is -0.00492. The summed E-state index contributed by atoms with van der Waals surface area (Å²) in [7, 11) is 0.